The second kappa shape index (κ2) is 6.08. The van der Waals surface area contributed by atoms with Crippen LogP contribution in [0.5, 0.6) is 17.2 Å². The Labute approximate surface area is 138 Å². The van der Waals surface area contributed by atoms with Crippen LogP contribution in [0.15, 0.2) is 12.3 Å². The van der Waals surface area contributed by atoms with Gasteiger partial charge >= 0.3 is 0 Å². The molecule has 1 aromatic carbocycles. The van der Waals surface area contributed by atoms with Crippen LogP contribution in [0.2, 0.25) is 0 Å². The third-order valence-corrected chi connectivity index (χ3v) is 4.89. The number of hydrogen-bond acceptors (Lipinski definition) is 6. The highest BCUT2D eigenvalue weighted by atomic mass is 32.1. The van der Waals surface area contributed by atoms with Gasteiger partial charge in [-0.2, -0.15) is 0 Å². The Kier molecular flexibility index (Phi) is 4.12. The first-order valence-electron chi connectivity index (χ1n) is 7.14. The molecule has 0 saturated heterocycles. The average molecular weight is 334 g/mol. The molecule has 1 aromatic heterocycles. The van der Waals surface area contributed by atoms with Crippen LogP contribution in [-0.4, -0.2) is 32.2 Å². The number of aryl methyl sites for hydroxylation is 1. The number of carbonyl (C=O) groups is 1. The summed E-state index contributed by atoms with van der Waals surface area (Å²) < 4.78 is 16.4. The Morgan fingerprint density at radius 3 is 2.52 bits per heavy atom. The van der Waals surface area contributed by atoms with Crippen LogP contribution in [0.25, 0.3) is 0 Å². The average Bonchev–Trinajstić information content (AvgIpc) is 2.98. The van der Waals surface area contributed by atoms with Gasteiger partial charge in [-0.05, 0) is 6.92 Å². The quantitative estimate of drug-likeness (QED) is 0.931. The topological polar surface area (TPSA) is 69.7 Å². The van der Waals surface area contributed by atoms with E-state index in [0.29, 0.717) is 29.4 Å². The predicted molar refractivity (Wildman–Crippen MR) is 88.0 cm³/mol. The van der Waals surface area contributed by atoms with Gasteiger partial charge in [0.2, 0.25) is 11.7 Å². The summed E-state index contributed by atoms with van der Waals surface area (Å²) in [6.07, 6.45) is 2.17. The van der Waals surface area contributed by atoms with Crippen molar-refractivity contribution in [2.45, 2.75) is 19.3 Å². The number of aromatic nitrogens is 1. The van der Waals surface area contributed by atoms with E-state index >= 15 is 0 Å². The third kappa shape index (κ3) is 2.61. The first-order valence-corrected chi connectivity index (χ1v) is 7.95. The van der Waals surface area contributed by atoms with Crippen LogP contribution in [0, 0.1) is 6.92 Å². The number of nitrogens with zero attached hydrogens (tertiary/aromatic N) is 1. The van der Waals surface area contributed by atoms with E-state index in [2.05, 4.69) is 10.3 Å². The van der Waals surface area contributed by atoms with E-state index in [0.717, 1.165) is 15.4 Å². The van der Waals surface area contributed by atoms with Gasteiger partial charge in [-0.1, -0.05) is 0 Å². The molecular weight excluding hydrogens is 316 g/mol. The van der Waals surface area contributed by atoms with Crippen LogP contribution >= 0.6 is 11.3 Å². The zero-order valence-corrected chi connectivity index (χ0v) is 14.2. The maximum Gasteiger partial charge on any atom is 0.225 e. The van der Waals surface area contributed by atoms with Crippen LogP contribution in [-0.2, 0) is 4.79 Å². The van der Waals surface area contributed by atoms with E-state index in [1.165, 1.54) is 0 Å². The molecule has 23 heavy (non-hydrogen) atoms. The molecule has 6 nitrogen and oxygen atoms in total. The molecule has 1 unspecified atom stereocenters. The number of anilines is 1. The molecule has 1 amide bonds. The van der Waals surface area contributed by atoms with Crippen LogP contribution in [0.1, 0.15) is 27.8 Å². The SMILES string of the molecule is COc1cc2c(c(OC)c1OC)C(c1cnc(C)s1)CC(=O)N2. The summed E-state index contributed by atoms with van der Waals surface area (Å²) in [7, 11) is 4.71. The van der Waals surface area contributed by atoms with Crippen molar-refractivity contribution in [1.29, 1.82) is 0 Å². The van der Waals surface area contributed by atoms with E-state index in [4.69, 9.17) is 14.2 Å². The fourth-order valence-corrected chi connectivity index (χ4v) is 3.79. The Morgan fingerprint density at radius 1 is 1.22 bits per heavy atom. The highest BCUT2D eigenvalue weighted by Crippen LogP contribution is 2.51. The molecule has 0 bridgehead atoms. The molecule has 0 radical (unpaired) electrons. The standard InChI is InChI=1S/C16H18N2O4S/c1-8-17-7-12(23-8)9-5-13(19)18-10-6-11(20-2)15(21-3)16(22-4)14(9)10/h6-7,9H,5H2,1-4H3,(H,18,19). The molecule has 3 rings (SSSR count). The minimum absolute atomic E-state index is 0.0390. The van der Waals surface area contributed by atoms with Crippen molar-refractivity contribution in [1.82, 2.24) is 4.98 Å². The minimum atomic E-state index is -0.111. The monoisotopic (exact) mass is 334 g/mol. The highest BCUT2D eigenvalue weighted by molar-refractivity contribution is 7.11. The molecule has 1 atom stereocenters. The summed E-state index contributed by atoms with van der Waals surface area (Å²) in [4.78, 5) is 17.5. The lowest BCUT2D eigenvalue weighted by Crippen LogP contribution is -2.24. The van der Waals surface area contributed by atoms with Gasteiger partial charge in [0, 0.05) is 35.0 Å². The number of methoxy groups -OCH3 is 3. The number of amides is 1. The summed E-state index contributed by atoms with van der Waals surface area (Å²) in [6.45, 7) is 1.95. The Bertz CT molecular complexity index is 757. The van der Waals surface area contributed by atoms with E-state index in [9.17, 15) is 4.79 Å². The molecule has 1 aliphatic rings. The smallest absolute Gasteiger partial charge is 0.225 e. The van der Waals surface area contributed by atoms with Crippen molar-refractivity contribution in [3.63, 3.8) is 0 Å². The number of thiazole rings is 1. The molecule has 1 N–H and O–H groups in total. The van der Waals surface area contributed by atoms with Crippen molar-refractivity contribution in [3.05, 3.63) is 27.7 Å². The normalized spacial score (nSPS) is 16.5. The molecule has 2 aromatic rings. The molecular formula is C16H18N2O4S. The highest BCUT2D eigenvalue weighted by Gasteiger charge is 2.34. The number of fused-ring (bicyclic) bond motifs is 1. The second-order valence-corrected chi connectivity index (χ2v) is 6.46. The zero-order valence-electron chi connectivity index (χ0n) is 13.4. The van der Waals surface area contributed by atoms with E-state index in [-0.39, 0.29) is 11.8 Å². The van der Waals surface area contributed by atoms with Crippen LogP contribution < -0.4 is 19.5 Å². The van der Waals surface area contributed by atoms with E-state index < -0.39 is 0 Å². The summed E-state index contributed by atoms with van der Waals surface area (Å²) in [5.74, 6) is 1.47. The fourth-order valence-electron chi connectivity index (χ4n) is 2.90. The molecule has 1 aliphatic heterocycles. The van der Waals surface area contributed by atoms with Crippen molar-refractivity contribution in [2.24, 2.45) is 0 Å². The van der Waals surface area contributed by atoms with Crippen molar-refractivity contribution in [2.75, 3.05) is 26.6 Å². The third-order valence-electron chi connectivity index (χ3n) is 3.86. The van der Waals surface area contributed by atoms with Gasteiger partial charge in [-0.3, -0.25) is 4.79 Å². The first kappa shape index (κ1) is 15.6. The predicted octanol–water partition coefficient (Wildman–Crippen LogP) is 2.95. The van der Waals surface area contributed by atoms with Gasteiger partial charge in [-0.25, -0.2) is 4.98 Å². The van der Waals surface area contributed by atoms with Crippen LogP contribution in [0.4, 0.5) is 5.69 Å². The summed E-state index contributed by atoms with van der Waals surface area (Å²) in [5, 5.41) is 3.86. The number of hydrogen-bond donors (Lipinski definition) is 1. The second-order valence-electron chi connectivity index (χ2n) is 5.19. The van der Waals surface area contributed by atoms with Gasteiger partial charge in [0.1, 0.15) is 0 Å². The van der Waals surface area contributed by atoms with Gasteiger partial charge in [0.15, 0.2) is 11.5 Å². The molecule has 2 heterocycles. The van der Waals surface area contributed by atoms with Gasteiger partial charge in [0.25, 0.3) is 0 Å². The number of rotatable bonds is 4. The molecule has 0 saturated carbocycles. The molecule has 122 valence electrons. The summed E-state index contributed by atoms with van der Waals surface area (Å²) in [5.41, 5.74) is 1.58. The summed E-state index contributed by atoms with van der Waals surface area (Å²) >= 11 is 1.58. The molecule has 0 spiro atoms. The maximum atomic E-state index is 12.1. The minimum Gasteiger partial charge on any atom is -0.493 e. The van der Waals surface area contributed by atoms with Gasteiger partial charge in [0.05, 0.1) is 32.0 Å². The number of nitrogens with one attached hydrogen (secondary N) is 1. The number of benzene rings is 1. The van der Waals surface area contributed by atoms with Gasteiger partial charge < -0.3 is 19.5 Å². The van der Waals surface area contributed by atoms with Crippen LogP contribution in [0.3, 0.4) is 0 Å². The lowest BCUT2D eigenvalue weighted by molar-refractivity contribution is -0.116. The molecule has 0 fully saturated rings. The fraction of sp³-hybridized carbons (Fsp3) is 0.375. The Morgan fingerprint density at radius 2 is 1.96 bits per heavy atom. The van der Waals surface area contributed by atoms with Crippen molar-refractivity contribution in [3.8, 4) is 17.2 Å². The summed E-state index contributed by atoms with van der Waals surface area (Å²) in [6, 6.07) is 1.77. The number of ether oxygens (including phenoxy) is 3. The van der Waals surface area contributed by atoms with Crippen molar-refractivity contribution < 1.29 is 19.0 Å². The van der Waals surface area contributed by atoms with Crippen molar-refractivity contribution >= 4 is 22.9 Å². The largest absolute Gasteiger partial charge is 0.493 e. The lowest BCUT2D eigenvalue weighted by atomic mass is 9.88. The zero-order chi connectivity index (χ0) is 16.6. The van der Waals surface area contributed by atoms with E-state index in [1.54, 1.807) is 38.7 Å². The number of carbonyl (C=O) groups excluding carboxylic acids is 1. The Balaban J connectivity index is 2.24. The van der Waals surface area contributed by atoms with E-state index in [1.807, 2.05) is 13.1 Å². The Hall–Kier alpha value is -2.28. The molecule has 7 heteroatoms. The lowest BCUT2D eigenvalue weighted by Gasteiger charge is -2.28. The molecule has 0 aliphatic carbocycles. The maximum absolute atomic E-state index is 12.1. The van der Waals surface area contributed by atoms with Gasteiger partial charge in [-0.15, -0.1) is 11.3 Å². The first-order chi connectivity index (χ1) is 11.1.